The molecule has 0 aliphatic carbocycles. The summed E-state index contributed by atoms with van der Waals surface area (Å²) in [7, 11) is 1.63. The number of nitrogens with zero attached hydrogens (tertiary/aromatic N) is 3. The number of piperazine rings is 1. The van der Waals surface area contributed by atoms with Gasteiger partial charge in [-0.2, -0.15) is 0 Å². The van der Waals surface area contributed by atoms with E-state index in [9.17, 15) is 14.4 Å². The highest BCUT2D eigenvalue weighted by Crippen LogP contribution is 2.37. The molecule has 38 heavy (non-hydrogen) atoms. The van der Waals surface area contributed by atoms with Gasteiger partial charge in [0.15, 0.2) is 0 Å². The van der Waals surface area contributed by atoms with E-state index in [1.54, 1.807) is 32.2 Å². The number of aryl methyl sites for hydroxylation is 1. The van der Waals surface area contributed by atoms with Crippen LogP contribution in [0.25, 0.3) is 0 Å². The molecule has 2 aliphatic rings. The van der Waals surface area contributed by atoms with E-state index in [2.05, 4.69) is 10.2 Å². The topological polar surface area (TPSA) is 82.2 Å². The van der Waals surface area contributed by atoms with Crippen LogP contribution in [0.4, 0.5) is 4.79 Å². The number of hydrogen-bond donors (Lipinski definition) is 1. The largest absolute Gasteiger partial charge is 0.463 e. The van der Waals surface area contributed by atoms with Gasteiger partial charge in [0.25, 0.3) is 5.91 Å². The van der Waals surface area contributed by atoms with Crippen molar-refractivity contribution in [2.45, 2.75) is 32.9 Å². The van der Waals surface area contributed by atoms with E-state index in [1.165, 1.54) is 4.90 Å². The lowest BCUT2D eigenvalue weighted by Crippen LogP contribution is -2.56. The third-order valence-corrected chi connectivity index (χ3v) is 7.84. The van der Waals surface area contributed by atoms with Crippen LogP contribution in [-0.2, 0) is 9.53 Å². The van der Waals surface area contributed by atoms with Gasteiger partial charge in [0, 0.05) is 50.5 Å². The first-order valence-corrected chi connectivity index (χ1v) is 13.4. The summed E-state index contributed by atoms with van der Waals surface area (Å²) in [6.45, 7) is 7.91. The molecular weight excluding hydrogens is 527 g/mol. The normalized spacial score (nSPS) is 20.4. The molecule has 1 N–H and O–H groups in total. The fourth-order valence-electron chi connectivity index (χ4n) is 4.93. The molecule has 3 amide bonds. The van der Waals surface area contributed by atoms with Crippen molar-refractivity contribution < 1.29 is 19.1 Å². The van der Waals surface area contributed by atoms with Crippen LogP contribution in [0.5, 0.6) is 0 Å². The molecule has 4 rings (SSSR count). The second-order valence-corrected chi connectivity index (χ2v) is 10.4. The summed E-state index contributed by atoms with van der Waals surface area (Å²) in [5.41, 5.74) is 3.11. The number of benzene rings is 2. The van der Waals surface area contributed by atoms with Crippen molar-refractivity contribution in [2.24, 2.45) is 0 Å². The Labute approximate surface area is 233 Å². The monoisotopic (exact) mass is 558 g/mol. The molecule has 0 spiro atoms. The van der Waals surface area contributed by atoms with Crippen molar-refractivity contribution in [1.29, 1.82) is 0 Å². The Morgan fingerprint density at radius 1 is 1.11 bits per heavy atom. The van der Waals surface area contributed by atoms with Crippen LogP contribution in [-0.4, -0.2) is 78.5 Å². The van der Waals surface area contributed by atoms with E-state index in [0.717, 1.165) is 5.56 Å². The van der Waals surface area contributed by atoms with Crippen molar-refractivity contribution in [3.63, 3.8) is 0 Å². The van der Waals surface area contributed by atoms with Crippen molar-refractivity contribution in [2.75, 3.05) is 39.8 Å². The first kappa shape index (κ1) is 28.0. The van der Waals surface area contributed by atoms with Gasteiger partial charge < -0.3 is 15.0 Å². The van der Waals surface area contributed by atoms with Crippen LogP contribution in [0.1, 0.15) is 41.4 Å². The van der Waals surface area contributed by atoms with Crippen molar-refractivity contribution in [3.8, 4) is 0 Å². The lowest BCUT2D eigenvalue weighted by atomic mass is 9.94. The number of ether oxygens (including phenoxy) is 1. The number of rotatable bonds is 6. The number of carbonyl (C=O) groups excluding carboxylic acids is 3. The van der Waals surface area contributed by atoms with Crippen molar-refractivity contribution >= 4 is 41.1 Å². The Morgan fingerprint density at radius 2 is 1.82 bits per heavy atom. The van der Waals surface area contributed by atoms with Gasteiger partial charge in [-0.1, -0.05) is 53.0 Å². The highest BCUT2D eigenvalue weighted by molar-refractivity contribution is 6.42. The zero-order valence-electron chi connectivity index (χ0n) is 22.0. The molecule has 1 fully saturated rings. The molecule has 0 bridgehead atoms. The number of urea groups is 1. The fourth-order valence-corrected chi connectivity index (χ4v) is 5.34. The quantitative estimate of drug-likeness (QED) is 0.521. The second kappa shape index (κ2) is 11.8. The van der Waals surface area contributed by atoms with Crippen LogP contribution < -0.4 is 5.32 Å². The summed E-state index contributed by atoms with van der Waals surface area (Å²) in [6.07, 6.45) is 0. The number of amides is 3. The average Bonchev–Trinajstić information content (AvgIpc) is 2.88. The van der Waals surface area contributed by atoms with Crippen LogP contribution >= 0.6 is 23.2 Å². The summed E-state index contributed by atoms with van der Waals surface area (Å²) in [6, 6.07) is 11.4. The van der Waals surface area contributed by atoms with Gasteiger partial charge in [-0.15, -0.1) is 0 Å². The minimum Gasteiger partial charge on any atom is -0.463 e. The van der Waals surface area contributed by atoms with Gasteiger partial charge >= 0.3 is 12.0 Å². The second-order valence-electron chi connectivity index (χ2n) is 9.61. The fraction of sp³-hybridized carbons (Fsp3) is 0.393. The lowest BCUT2D eigenvalue weighted by molar-refractivity contribution is -0.139. The molecule has 2 atom stereocenters. The Hall–Kier alpha value is -3.07. The van der Waals surface area contributed by atoms with Crippen LogP contribution in [0, 0.1) is 6.92 Å². The molecule has 2 aliphatic heterocycles. The summed E-state index contributed by atoms with van der Waals surface area (Å²) >= 11 is 12.8. The molecular formula is C28H32Cl2N4O4. The van der Waals surface area contributed by atoms with Gasteiger partial charge in [-0.05, 0) is 44.5 Å². The number of esters is 1. The van der Waals surface area contributed by atoms with Gasteiger partial charge in [-0.3, -0.25) is 14.6 Å². The number of halogens is 2. The van der Waals surface area contributed by atoms with Crippen molar-refractivity contribution in [3.05, 3.63) is 80.5 Å². The molecule has 2 aromatic carbocycles. The number of carbonyl (C=O) groups is 3. The third kappa shape index (κ3) is 5.67. The summed E-state index contributed by atoms with van der Waals surface area (Å²) in [4.78, 5) is 44.9. The highest BCUT2D eigenvalue weighted by atomic mass is 35.5. The zero-order chi connectivity index (χ0) is 27.6. The lowest BCUT2D eigenvalue weighted by Gasteiger charge is -2.42. The minimum atomic E-state index is -0.819. The van der Waals surface area contributed by atoms with Crippen molar-refractivity contribution in [1.82, 2.24) is 20.0 Å². The average molecular weight is 559 g/mol. The summed E-state index contributed by atoms with van der Waals surface area (Å²) < 4.78 is 5.41. The molecule has 2 aromatic rings. The molecule has 0 radical (unpaired) electrons. The molecule has 0 unspecified atom stereocenters. The number of nitrogens with one attached hydrogen (secondary N) is 1. The van der Waals surface area contributed by atoms with Gasteiger partial charge in [0.05, 0.1) is 28.3 Å². The predicted molar refractivity (Wildman–Crippen MR) is 147 cm³/mol. The Kier molecular flexibility index (Phi) is 8.65. The molecule has 8 nitrogen and oxygen atoms in total. The number of hydrogen-bond acceptors (Lipinski definition) is 5. The van der Waals surface area contributed by atoms with E-state index in [1.807, 2.05) is 43.0 Å². The summed E-state index contributed by atoms with van der Waals surface area (Å²) in [5, 5.41) is 3.46. The Balaban J connectivity index is 1.62. The maximum atomic E-state index is 13.3. The van der Waals surface area contributed by atoms with E-state index in [-0.39, 0.29) is 29.6 Å². The van der Waals surface area contributed by atoms with Gasteiger partial charge in [-0.25, -0.2) is 9.59 Å². The molecule has 0 aromatic heterocycles. The SMILES string of the molecule is CCOC(=O)C1=C(CN2CCN(C(=O)c3ccc(C)cc3)[C@@H](C)C2)N(C)C(=O)N[C@H]1c1cccc(Cl)c1Cl. The predicted octanol–water partition coefficient (Wildman–Crippen LogP) is 4.66. The molecule has 0 saturated carbocycles. The standard InChI is InChI=1S/C28H32Cl2N4O4/c1-5-38-27(36)23-22(32(4)28(37)31-25(23)20-7-6-8-21(29)24(20)30)16-33-13-14-34(18(3)15-33)26(35)19-11-9-17(2)10-12-19/h6-12,18,25H,5,13-16H2,1-4H3,(H,31,37)/t18-,25-/m0/s1. The number of likely N-dealkylation sites (N-methyl/N-ethyl adjacent to an activating group) is 1. The van der Waals surface area contributed by atoms with Crippen LogP contribution in [0.15, 0.2) is 53.7 Å². The maximum Gasteiger partial charge on any atom is 0.338 e. The summed E-state index contributed by atoms with van der Waals surface area (Å²) in [5.74, 6) is -0.537. The molecule has 10 heteroatoms. The van der Waals surface area contributed by atoms with E-state index in [4.69, 9.17) is 27.9 Å². The smallest absolute Gasteiger partial charge is 0.338 e. The Bertz CT molecular complexity index is 1260. The molecule has 202 valence electrons. The first-order chi connectivity index (χ1) is 18.1. The Morgan fingerprint density at radius 3 is 2.47 bits per heavy atom. The van der Waals surface area contributed by atoms with E-state index >= 15 is 0 Å². The van der Waals surface area contributed by atoms with Gasteiger partial charge in [0.2, 0.25) is 0 Å². The van der Waals surface area contributed by atoms with Crippen LogP contribution in [0.3, 0.4) is 0 Å². The molecule has 1 saturated heterocycles. The van der Waals surface area contributed by atoms with Crippen LogP contribution in [0.2, 0.25) is 10.0 Å². The molecule has 2 heterocycles. The third-order valence-electron chi connectivity index (χ3n) is 7.01. The zero-order valence-corrected chi connectivity index (χ0v) is 23.5. The van der Waals surface area contributed by atoms with E-state index in [0.29, 0.717) is 53.6 Å². The highest BCUT2D eigenvalue weighted by Gasteiger charge is 2.39. The maximum absolute atomic E-state index is 13.3. The van der Waals surface area contributed by atoms with E-state index < -0.39 is 12.0 Å². The first-order valence-electron chi connectivity index (χ1n) is 12.6. The van der Waals surface area contributed by atoms with Gasteiger partial charge in [0.1, 0.15) is 0 Å². The minimum absolute atomic E-state index is 0.00611.